The lowest BCUT2D eigenvalue weighted by atomic mass is 10.2. The Morgan fingerprint density at radius 1 is 0.457 bits per heavy atom. The van der Waals surface area contributed by atoms with Crippen LogP contribution < -0.4 is 5.73 Å². The minimum atomic E-state index is 0.411. The first-order valence-corrected chi connectivity index (χ1v) is 20.1. The molecule has 0 unspecified atom stereocenters. The number of hydrogen-bond donors (Lipinski definition) is 1. The van der Waals surface area contributed by atoms with Crippen LogP contribution in [-0.4, -0.2) is 46.1 Å². The first-order valence-electron chi connectivity index (χ1n) is 14.1. The predicted molar refractivity (Wildman–Crippen MR) is 223 cm³/mol. The summed E-state index contributed by atoms with van der Waals surface area (Å²) in [5.41, 5.74) is 10.2. The number of thiocarbonyl (C=S) groups is 4. The average Bonchev–Trinajstić information content (AvgIpc) is 3.07. The maximum Gasteiger partial charge on any atom is 0.148 e. The molecule has 46 heavy (non-hydrogen) atoms. The van der Waals surface area contributed by atoms with E-state index in [-0.39, 0.29) is 0 Å². The van der Waals surface area contributed by atoms with Crippen LogP contribution in [0.1, 0.15) is 22.3 Å². The Bertz CT molecular complexity index is 1330. The fourth-order valence-electron chi connectivity index (χ4n) is 3.91. The van der Waals surface area contributed by atoms with Gasteiger partial charge in [0.15, 0.2) is 0 Å². The molecule has 0 aliphatic heterocycles. The first-order chi connectivity index (χ1) is 22.2. The van der Waals surface area contributed by atoms with Crippen molar-refractivity contribution < 1.29 is 0 Å². The van der Waals surface area contributed by atoms with Crippen LogP contribution in [0.5, 0.6) is 0 Å². The number of hydrogen-bond acceptors (Lipinski definition) is 8. The van der Waals surface area contributed by atoms with Gasteiger partial charge in [0, 0.05) is 40.3 Å². The van der Waals surface area contributed by atoms with Crippen LogP contribution in [0.3, 0.4) is 0 Å². The summed E-state index contributed by atoms with van der Waals surface area (Å²) in [5.74, 6) is 0. The summed E-state index contributed by atoms with van der Waals surface area (Å²) >= 11 is 21.4. The van der Waals surface area contributed by atoms with Gasteiger partial charge in [-0.05, 0) is 65.4 Å². The number of nitrogens with zero attached hydrogens (tertiary/aromatic N) is 3. The van der Waals surface area contributed by atoms with E-state index in [1.54, 1.807) is 21.6 Å². The zero-order valence-electron chi connectivity index (χ0n) is 25.6. The number of benzene rings is 4. The summed E-state index contributed by atoms with van der Waals surface area (Å²) in [6, 6.07) is 41.9. The molecule has 2 N–H and O–H groups in total. The second-order valence-electron chi connectivity index (χ2n) is 10.00. The van der Waals surface area contributed by atoms with E-state index in [0.717, 1.165) is 39.1 Å². The van der Waals surface area contributed by atoms with Gasteiger partial charge in [-0.25, -0.2) is 0 Å². The molecule has 0 radical (unpaired) electrons. The highest BCUT2D eigenvalue weighted by atomic mass is 33.1. The molecule has 4 rings (SSSR count). The molecule has 0 fully saturated rings. The van der Waals surface area contributed by atoms with Crippen molar-refractivity contribution in [2.75, 3.05) is 14.1 Å². The van der Waals surface area contributed by atoms with Gasteiger partial charge in [-0.1, -0.05) is 170 Å². The Hall–Kier alpha value is -2.16. The fraction of sp³-hybridized carbons (Fsp3) is 0.176. The lowest BCUT2D eigenvalue weighted by molar-refractivity contribution is 0.421. The van der Waals surface area contributed by atoms with Gasteiger partial charge in [-0.2, -0.15) is 0 Å². The van der Waals surface area contributed by atoms with E-state index in [4.69, 9.17) is 42.4 Å². The van der Waals surface area contributed by atoms with Crippen molar-refractivity contribution in [3.05, 3.63) is 144 Å². The molecule has 12 heteroatoms. The lowest BCUT2D eigenvalue weighted by Crippen LogP contribution is -2.28. The molecule has 0 aliphatic carbocycles. The quantitative estimate of drug-likeness (QED) is 0.137. The monoisotopic (exact) mass is 756 g/mol. The Kier molecular flexibility index (Phi) is 18.0. The van der Waals surface area contributed by atoms with Gasteiger partial charge < -0.3 is 20.4 Å². The van der Waals surface area contributed by atoms with E-state index in [1.165, 1.54) is 43.8 Å². The third kappa shape index (κ3) is 15.2. The molecule has 0 amide bonds. The second-order valence-corrected chi connectivity index (χ2v) is 16.9. The van der Waals surface area contributed by atoms with E-state index in [0.29, 0.717) is 4.32 Å². The Balaban J connectivity index is 0.000000498. The Morgan fingerprint density at radius 3 is 0.957 bits per heavy atom. The zero-order chi connectivity index (χ0) is 33.1. The summed E-state index contributed by atoms with van der Waals surface area (Å²) in [5, 5.41) is 0. The molecule has 0 spiro atoms. The van der Waals surface area contributed by atoms with Crippen LogP contribution in [0, 0.1) is 0 Å². The van der Waals surface area contributed by atoms with Crippen LogP contribution >= 0.6 is 92.0 Å². The Morgan fingerprint density at radius 2 is 0.717 bits per heavy atom. The summed E-state index contributed by atoms with van der Waals surface area (Å²) in [6.07, 6.45) is 0. The van der Waals surface area contributed by atoms with Gasteiger partial charge in [0.25, 0.3) is 0 Å². The first kappa shape index (κ1) is 38.3. The molecule has 0 atom stereocenters. The lowest BCUT2D eigenvalue weighted by Gasteiger charge is -2.27. The topological polar surface area (TPSA) is 35.7 Å². The SMILES string of the molecule is CN(C)C(=S)SSC(N)=S.S=C(SSC(=S)N(Cc1ccccc1)Cc1ccccc1)N(Cc1ccccc1)Cc1ccccc1. The molecule has 0 heterocycles. The molecule has 0 bridgehead atoms. The highest BCUT2D eigenvalue weighted by Crippen LogP contribution is 2.31. The maximum atomic E-state index is 5.93. The minimum Gasteiger partial charge on any atom is -0.384 e. The summed E-state index contributed by atoms with van der Waals surface area (Å²) < 4.78 is 2.84. The van der Waals surface area contributed by atoms with Crippen molar-refractivity contribution in [2.24, 2.45) is 5.73 Å². The van der Waals surface area contributed by atoms with E-state index in [2.05, 4.69) is 119 Å². The molecule has 0 aromatic heterocycles. The minimum absolute atomic E-state index is 0.411. The van der Waals surface area contributed by atoms with Crippen molar-refractivity contribution in [1.82, 2.24) is 14.7 Å². The van der Waals surface area contributed by atoms with Crippen molar-refractivity contribution in [3.8, 4) is 0 Å². The van der Waals surface area contributed by atoms with Gasteiger partial charge in [-0.3, -0.25) is 0 Å². The summed E-state index contributed by atoms with van der Waals surface area (Å²) in [7, 11) is 9.62. The van der Waals surface area contributed by atoms with Crippen LogP contribution in [0.4, 0.5) is 0 Å². The van der Waals surface area contributed by atoms with E-state index in [9.17, 15) is 0 Å². The van der Waals surface area contributed by atoms with Crippen LogP contribution in [0.25, 0.3) is 0 Å². The van der Waals surface area contributed by atoms with Crippen LogP contribution in [0.15, 0.2) is 121 Å². The molecule has 0 aliphatic rings. The van der Waals surface area contributed by atoms with Crippen LogP contribution in [0.2, 0.25) is 0 Å². The van der Waals surface area contributed by atoms with Crippen molar-refractivity contribution >= 4 is 109 Å². The van der Waals surface area contributed by atoms with Crippen molar-refractivity contribution in [2.45, 2.75) is 26.2 Å². The molecular formula is C34H36N4S8. The third-order valence-corrected chi connectivity index (χ3v) is 13.4. The molecule has 0 saturated heterocycles. The molecule has 4 aromatic carbocycles. The van der Waals surface area contributed by atoms with Crippen LogP contribution in [-0.2, 0) is 26.2 Å². The molecule has 4 nitrogen and oxygen atoms in total. The summed E-state index contributed by atoms with van der Waals surface area (Å²) in [4.78, 5) is 6.34. The predicted octanol–water partition coefficient (Wildman–Crippen LogP) is 9.80. The summed E-state index contributed by atoms with van der Waals surface area (Å²) in [6.45, 7) is 3.03. The van der Waals surface area contributed by atoms with E-state index >= 15 is 0 Å². The highest BCUT2D eigenvalue weighted by Gasteiger charge is 2.17. The molecule has 0 saturated carbocycles. The molecular weight excluding hydrogens is 721 g/mol. The largest absolute Gasteiger partial charge is 0.384 e. The van der Waals surface area contributed by atoms with Gasteiger partial charge in [0.2, 0.25) is 0 Å². The molecule has 240 valence electrons. The van der Waals surface area contributed by atoms with Gasteiger partial charge >= 0.3 is 0 Å². The standard InChI is InChI=1S/C30H28N2S4.C4H8N2S4/c33-29(31(21-25-13-5-1-6-14-25)22-26-15-7-2-8-16-26)35-36-30(34)32(23-27-17-9-3-10-18-27)24-28-19-11-4-12-20-28;1-6(2)4(8)10-9-3(5)7/h1-20H,21-24H2;1-2H3,(H2,5,7). The van der Waals surface area contributed by atoms with E-state index < -0.39 is 0 Å². The van der Waals surface area contributed by atoms with Crippen molar-refractivity contribution in [1.29, 1.82) is 0 Å². The van der Waals surface area contributed by atoms with Gasteiger partial charge in [0.05, 0.1) is 0 Å². The number of nitrogens with two attached hydrogens (primary N) is 1. The average molecular weight is 757 g/mol. The maximum absolute atomic E-state index is 5.93. The normalized spacial score (nSPS) is 10.2. The zero-order valence-corrected chi connectivity index (χ0v) is 32.1. The fourth-order valence-corrected chi connectivity index (χ4v) is 8.28. The number of rotatable bonds is 8. The molecule has 4 aromatic rings. The second kappa shape index (κ2) is 21.7. The van der Waals surface area contributed by atoms with Gasteiger partial charge in [0.1, 0.15) is 17.3 Å². The van der Waals surface area contributed by atoms with E-state index in [1.807, 2.05) is 43.3 Å². The Labute approximate surface area is 311 Å². The third-order valence-electron chi connectivity index (χ3n) is 6.13. The van der Waals surface area contributed by atoms with Gasteiger partial charge in [-0.15, -0.1) is 0 Å². The highest BCUT2D eigenvalue weighted by molar-refractivity contribution is 8.90. The smallest absolute Gasteiger partial charge is 0.148 e. The van der Waals surface area contributed by atoms with Crippen molar-refractivity contribution in [3.63, 3.8) is 0 Å².